The number of likely N-dealkylation sites (tertiary alicyclic amines) is 1. The zero-order valence-corrected chi connectivity index (χ0v) is 24.7. The van der Waals surface area contributed by atoms with Crippen molar-refractivity contribution in [3.8, 4) is 0 Å². The van der Waals surface area contributed by atoms with Crippen molar-refractivity contribution in [3.63, 3.8) is 0 Å². The van der Waals surface area contributed by atoms with Gasteiger partial charge in [0.15, 0.2) is 0 Å². The Balaban J connectivity index is 0.000000413. The molecule has 4 heterocycles. The van der Waals surface area contributed by atoms with Gasteiger partial charge in [0.1, 0.15) is 0 Å². The van der Waals surface area contributed by atoms with E-state index >= 15 is 0 Å². The Morgan fingerprint density at radius 1 is 0.913 bits per heavy atom. The largest absolute Gasteiger partial charge is 0.490 e. The normalized spacial score (nSPS) is 17.9. The van der Waals surface area contributed by atoms with Crippen molar-refractivity contribution in [2.75, 3.05) is 26.7 Å². The highest BCUT2D eigenvalue weighted by atomic mass is 32.1. The number of pyridine rings is 1. The molecule has 0 aliphatic carbocycles. The van der Waals surface area contributed by atoms with Crippen LogP contribution >= 0.6 is 11.3 Å². The lowest BCUT2D eigenvalue weighted by molar-refractivity contribution is -0.193. The summed E-state index contributed by atoms with van der Waals surface area (Å²) in [7, 11) is 2.20. The van der Waals surface area contributed by atoms with Gasteiger partial charge in [-0.15, -0.1) is 11.3 Å². The molecule has 2 aliphatic rings. The molecule has 4 rings (SSSR count). The second-order valence-electron chi connectivity index (χ2n) is 9.85. The van der Waals surface area contributed by atoms with E-state index < -0.39 is 36.4 Å². The van der Waals surface area contributed by atoms with Crippen LogP contribution in [0.3, 0.4) is 0 Å². The number of carboxylic acid groups (broad SMARTS) is 3. The smallest absolute Gasteiger partial charge is 0.475 e. The van der Waals surface area contributed by atoms with Gasteiger partial charge in [0.05, 0.1) is 17.9 Å². The standard InChI is InChI=1S/C20H27N3OS.3C2HF3O2/c1-22(14-17-5-2-3-9-21-17)18-13-20(24-16-18)7-10-23(11-8-20)15-19-6-4-12-25-19;3*3-2(4,5)1(6)7/h2-6,9,12,18H,7-8,10-11,13-16H2,1H3;3*(H,6,7). The van der Waals surface area contributed by atoms with E-state index in [0.29, 0.717) is 6.04 Å². The van der Waals surface area contributed by atoms with Crippen LogP contribution < -0.4 is 0 Å². The first-order valence-electron chi connectivity index (χ1n) is 12.9. The van der Waals surface area contributed by atoms with Crippen molar-refractivity contribution in [2.45, 2.75) is 62.5 Å². The first kappa shape index (κ1) is 40.5. The number of ether oxygens (including phenoxy) is 1. The van der Waals surface area contributed by atoms with Crippen molar-refractivity contribution in [3.05, 3.63) is 52.5 Å². The van der Waals surface area contributed by atoms with Crippen LogP contribution in [0.4, 0.5) is 39.5 Å². The van der Waals surface area contributed by atoms with Gasteiger partial charge in [0.2, 0.25) is 0 Å². The van der Waals surface area contributed by atoms with E-state index in [0.717, 1.165) is 57.7 Å². The van der Waals surface area contributed by atoms with E-state index in [-0.39, 0.29) is 5.60 Å². The molecule has 0 saturated carbocycles. The van der Waals surface area contributed by atoms with Crippen LogP contribution in [0.25, 0.3) is 0 Å². The lowest BCUT2D eigenvalue weighted by Crippen LogP contribution is -2.44. The second-order valence-corrected chi connectivity index (χ2v) is 10.9. The number of hydrogen-bond acceptors (Lipinski definition) is 8. The lowest BCUT2D eigenvalue weighted by atomic mass is 9.87. The van der Waals surface area contributed by atoms with Crippen molar-refractivity contribution < 1.29 is 74.0 Å². The average Bonchev–Trinajstić information content (AvgIpc) is 3.61. The van der Waals surface area contributed by atoms with Crippen LogP contribution in [0.15, 0.2) is 41.9 Å². The molecule has 2 fully saturated rings. The molecule has 2 saturated heterocycles. The molecule has 260 valence electrons. The molecule has 46 heavy (non-hydrogen) atoms. The number of aliphatic carboxylic acids is 3. The van der Waals surface area contributed by atoms with Crippen molar-refractivity contribution >= 4 is 29.2 Å². The molecule has 0 amide bonds. The number of likely N-dealkylation sites (N-methyl/N-ethyl adjacent to an activating group) is 1. The molecule has 3 N–H and O–H groups in total. The molecule has 2 aliphatic heterocycles. The third kappa shape index (κ3) is 15.2. The number of alkyl halides is 9. The summed E-state index contributed by atoms with van der Waals surface area (Å²) < 4.78 is 102. The summed E-state index contributed by atoms with van der Waals surface area (Å²) >= 11 is 1.86. The average molecular weight is 700 g/mol. The summed E-state index contributed by atoms with van der Waals surface area (Å²) in [5.74, 6) is -8.27. The number of halogens is 9. The quantitative estimate of drug-likeness (QED) is 0.353. The molecule has 2 aromatic rings. The van der Waals surface area contributed by atoms with Crippen LogP contribution in [0, 0.1) is 0 Å². The molecule has 1 unspecified atom stereocenters. The fourth-order valence-corrected chi connectivity index (χ4v) is 4.82. The highest BCUT2D eigenvalue weighted by Crippen LogP contribution is 2.38. The number of nitrogens with zero attached hydrogens (tertiary/aromatic N) is 3. The first-order valence-corrected chi connectivity index (χ1v) is 13.8. The summed E-state index contributed by atoms with van der Waals surface area (Å²) in [6.07, 6.45) is -9.90. The zero-order chi connectivity index (χ0) is 35.3. The number of aromatic nitrogens is 1. The van der Waals surface area contributed by atoms with Gasteiger partial charge in [-0.2, -0.15) is 39.5 Å². The number of thiophene rings is 1. The molecule has 10 nitrogen and oxygen atoms in total. The Kier molecular flexibility index (Phi) is 15.4. The molecular formula is C26H30F9N3O7S. The minimum Gasteiger partial charge on any atom is -0.475 e. The molecule has 2 aromatic heterocycles. The molecule has 1 atom stereocenters. The van der Waals surface area contributed by atoms with Gasteiger partial charge in [0, 0.05) is 43.3 Å². The Bertz CT molecular complexity index is 1160. The third-order valence-corrected chi connectivity index (χ3v) is 7.27. The van der Waals surface area contributed by atoms with E-state index in [1.807, 2.05) is 23.6 Å². The summed E-state index contributed by atoms with van der Waals surface area (Å²) in [6.45, 7) is 5.14. The van der Waals surface area contributed by atoms with Crippen LogP contribution in [-0.4, -0.2) is 105 Å². The number of rotatable bonds is 5. The number of hydrogen-bond donors (Lipinski definition) is 3. The Morgan fingerprint density at radius 2 is 1.41 bits per heavy atom. The summed E-state index contributed by atoms with van der Waals surface area (Å²) in [4.78, 5) is 37.6. The van der Waals surface area contributed by atoms with E-state index in [1.165, 1.54) is 4.88 Å². The molecule has 20 heteroatoms. The van der Waals surface area contributed by atoms with Gasteiger partial charge in [-0.3, -0.25) is 14.8 Å². The maximum atomic E-state index is 10.6. The summed E-state index contributed by atoms with van der Waals surface area (Å²) in [6, 6.07) is 11.0. The number of piperidine rings is 1. The fraction of sp³-hybridized carbons (Fsp3) is 0.538. The lowest BCUT2D eigenvalue weighted by Gasteiger charge is -2.38. The van der Waals surface area contributed by atoms with Gasteiger partial charge in [-0.25, -0.2) is 14.4 Å². The van der Waals surface area contributed by atoms with Gasteiger partial charge in [-0.1, -0.05) is 12.1 Å². The number of carboxylic acids is 3. The number of carbonyl (C=O) groups is 3. The second kappa shape index (κ2) is 17.4. The highest BCUT2D eigenvalue weighted by Gasteiger charge is 2.44. The highest BCUT2D eigenvalue weighted by molar-refractivity contribution is 7.09. The molecule has 0 radical (unpaired) electrons. The van der Waals surface area contributed by atoms with E-state index in [1.54, 1.807) is 0 Å². The van der Waals surface area contributed by atoms with Crippen molar-refractivity contribution in [2.24, 2.45) is 0 Å². The summed E-state index contributed by atoms with van der Waals surface area (Å²) in [5, 5.41) is 23.5. The van der Waals surface area contributed by atoms with Gasteiger partial charge >= 0.3 is 36.4 Å². The molecular weight excluding hydrogens is 669 g/mol. The monoisotopic (exact) mass is 699 g/mol. The Labute approximate surface area is 260 Å². The zero-order valence-electron chi connectivity index (χ0n) is 23.9. The van der Waals surface area contributed by atoms with E-state index in [9.17, 15) is 39.5 Å². The minimum atomic E-state index is -5.08. The third-order valence-electron chi connectivity index (χ3n) is 6.40. The fourth-order valence-electron chi connectivity index (χ4n) is 4.07. The van der Waals surface area contributed by atoms with Crippen molar-refractivity contribution in [1.29, 1.82) is 0 Å². The minimum absolute atomic E-state index is 0.106. The van der Waals surface area contributed by atoms with Crippen LogP contribution in [-0.2, 0) is 32.2 Å². The molecule has 1 spiro atoms. The topological polar surface area (TPSA) is 140 Å². The van der Waals surface area contributed by atoms with Gasteiger partial charge in [0.25, 0.3) is 0 Å². The van der Waals surface area contributed by atoms with Crippen LogP contribution in [0.2, 0.25) is 0 Å². The van der Waals surface area contributed by atoms with Crippen molar-refractivity contribution in [1.82, 2.24) is 14.8 Å². The maximum Gasteiger partial charge on any atom is 0.490 e. The Morgan fingerprint density at radius 3 is 1.80 bits per heavy atom. The van der Waals surface area contributed by atoms with Crippen LogP contribution in [0.1, 0.15) is 29.8 Å². The molecule has 0 bridgehead atoms. The van der Waals surface area contributed by atoms with Crippen LogP contribution in [0.5, 0.6) is 0 Å². The predicted octanol–water partition coefficient (Wildman–Crippen LogP) is 5.30. The predicted molar refractivity (Wildman–Crippen MR) is 143 cm³/mol. The Hall–Kier alpha value is -3.49. The summed E-state index contributed by atoms with van der Waals surface area (Å²) in [5.41, 5.74) is 1.24. The maximum absolute atomic E-state index is 10.6. The van der Waals surface area contributed by atoms with E-state index in [2.05, 4.69) is 51.5 Å². The van der Waals surface area contributed by atoms with Gasteiger partial charge in [-0.05, 0) is 49.9 Å². The SMILES string of the molecule is CN(Cc1ccccn1)C1COC2(CCN(Cc3cccs3)CC2)C1.O=C(O)C(F)(F)F.O=C(O)C(F)(F)F.O=C(O)C(F)(F)F. The van der Waals surface area contributed by atoms with Gasteiger partial charge < -0.3 is 20.1 Å². The molecule has 0 aromatic carbocycles. The first-order chi connectivity index (χ1) is 21.1. The van der Waals surface area contributed by atoms with E-state index in [4.69, 9.17) is 34.4 Å².